The normalized spacial score (nSPS) is 18.5. The highest BCUT2D eigenvalue weighted by atomic mass is 16.5. The molecule has 1 aliphatic heterocycles. The molecule has 2 rings (SSSR count). The first-order chi connectivity index (χ1) is 10.8. The summed E-state index contributed by atoms with van der Waals surface area (Å²) in [5.41, 5.74) is 0. The fourth-order valence-corrected chi connectivity index (χ4v) is 2.74. The largest absolute Gasteiger partial charge is 0.338 e. The number of amides is 2. The molecule has 1 fully saturated rings. The van der Waals surface area contributed by atoms with Crippen LogP contribution in [0.3, 0.4) is 0 Å². The van der Waals surface area contributed by atoms with Gasteiger partial charge >= 0.3 is 6.03 Å². The third-order valence-corrected chi connectivity index (χ3v) is 4.09. The molecule has 0 unspecified atom stereocenters. The minimum atomic E-state index is -0.0711. The van der Waals surface area contributed by atoms with E-state index in [-0.39, 0.29) is 12.1 Å². The van der Waals surface area contributed by atoms with E-state index in [1.807, 2.05) is 4.90 Å². The van der Waals surface area contributed by atoms with Crippen LogP contribution >= 0.6 is 0 Å². The van der Waals surface area contributed by atoms with Gasteiger partial charge in [-0.15, -0.1) is 0 Å². The minimum Gasteiger partial charge on any atom is -0.338 e. The van der Waals surface area contributed by atoms with Crippen LogP contribution < -0.4 is 5.32 Å². The number of aromatic nitrogens is 2. The highest BCUT2D eigenvalue weighted by molar-refractivity contribution is 5.74. The van der Waals surface area contributed by atoms with E-state index >= 15 is 0 Å². The van der Waals surface area contributed by atoms with Gasteiger partial charge in [0.2, 0.25) is 5.89 Å². The highest BCUT2D eigenvalue weighted by Crippen LogP contribution is 2.29. The van der Waals surface area contributed by atoms with Crippen LogP contribution in [0, 0.1) is 0 Å². The van der Waals surface area contributed by atoms with Crippen LogP contribution in [0.2, 0.25) is 0 Å². The maximum atomic E-state index is 12.4. The second kappa shape index (κ2) is 8.76. The molecule has 0 saturated carbocycles. The highest BCUT2D eigenvalue weighted by Gasteiger charge is 2.31. The van der Waals surface area contributed by atoms with Gasteiger partial charge < -0.3 is 14.7 Å². The molecule has 6 heteroatoms. The topological polar surface area (TPSA) is 71.3 Å². The number of carbonyl (C=O) groups is 1. The summed E-state index contributed by atoms with van der Waals surface area (Å²) >= 11 is 0. The Labute approximate surface area is 132 Å². The lowest BCUT2D eigenvalue weighted by molar-refractivity contribution is 0.132. The summed E-state index contributed by atoms with van der Waals surface area (Å²) in [5.74, 6) is 1.35. The molecular weight excluding hydrogens is 280 g/mol. The Hall–Kier alpha value is -1.59. The summed E-state index contributed by atoms with van der Waals surface area (Å²) in [4.78, 5) is 18.7. The van der Waals surface area contributed by atoms with Gasteiger partial charge in [0.15, 0.2) is 5.82 Å². The van der Waals surface area contributed by atoms with Crippen LogP contribution in [0.4, 0.5) is 4.79 Å². The number of hydrogen-bond acceptors (Lipinski definition) is 4. The first kappa shape index (κ1) is 16.8. The number of carbonyl (C=O) groups excluding carboxylic acids is 1. The molecule has 0 aromatic carbocycles. The van der Waals surface area contributed by atoms with Crippen molar-refractivity contribution < 1.29 is 9.32 Å². The third-order valence-electron chi connectivity index (χ3n) is 4.09. The van der Waals surface area contributed by atoms with Gasteiger partial charge in [0, 0.05) is 19.5 Å². The van der Waals surface area contributed by atoms with E-state index in [1.54, 1.807) is 0 Å². The predicted molar refractivity (Wildman–Crippen MR) is 84.5 cm³/mol. The first-order valence-electron chi connectivity index (χ1n) is 8.63. The molecule has 0 aliphatic carbocycles. The lowest BCUT2D eigenvalue weighted by Gasteiger charge is -2.33. The smallest absolute Gasteiger partial charge is 0.318 e. The van der Waals surface area contributed by atoms with Crippen LogP contribution in [0.15, 0.2) is 4.52 Å². The molecule has 124 valence electrons. The molecule has 2 amide bonds. The minimum absolute atomic E-state index is 0.00791. The van der Waals surface area contributed by atoms with Gasteiger partial charge in [0.25, 0.3) is 0 Å². The van der Waals surface area contributed by atoms with Gasteiger partial charge in [-0.2, -0.15) is 4.98 Å². The van der Waals surface area contributed by atoms with E-state index in [4.69, 9.17) is 4.52 Å². The third kappa shape index (κ3) is 4.45. The molecule has 0 bridgehead atoms. The van der Waals surface area contributed by atoms with E-state index in [0.717, 1.165) is 70.3 Å². The summed E-state index contributed by atoms with van der Waals surface area (Å²) in [7, 11) is 0. The zero-order valence-electron chi connectivity index (χ0n) is 13.8. The van der Waals surface area contributed by atoms with Crippen molar-refractivity contribution in [2.24, 2.45) is 0 Å². The monoisotopic (exact) mass is 308 g/mol. The average molecular weight is 308 g/mol. The summed E-state index contributed by atoms with van der Waals surface area (Å²) < 4.78 is 5.42. The van der Waals surface area contributed by atoms with E-state index in [1.165, 1.54) is 0 Å². The molecule has 2 heterocycles. The zero-order valence-corrected chi connectivity index (χ0v) is 13.8. The lowest BCUT2D eigenvalue weighted by atomic mass is 10.0. The Bertz CT molecular complexity index is 461. The van der Waals surface area contributed by atoms with Gasteiger partial charge in [0.1, 0.15) is 6.04 Å². The van der Waals surface area contributed by atoms with E-state index in [9.17, 15) is 4.79 Å². The summed E-state index contributed by atoms with van der Waals surface area (Å²) in [6.07, 6.45) is 8.13. The molecular formula is C16H28N4O2. The second-order valence-electron chi connectivity index (χ2n) is 5.94. The number of piperidine rings is 1. The molecule has 1 atom stereocenters. The fourth-order valence-electron chi connectivity index (χ4n) is 2.74. The van der Waals surface area contributed by atoms with E-state index < -0.39 is 0 Å². The van der Waals surface area contributed by atoms with Crippen LogP contribution in [0.25, 0.3) is 0 Å². The number of hydrogen-bond donors (Lipinski definition) is 1. The number of likely N-dealkylation sites (tertiary alicyclic amines) is 1. The van der Waals surface area contributed by atoms with Crippen molar-refractivity contribution in [1.82, 2.24) is 20.4 Å². The maximum absolute atomic E-state index is 12.4. The molecule has 6 nitrogen and oxygen atoms in total. The Balaban J connectivity index is 1.99. The molecule has 1 N–H and O–H groups in total. The number of nitrogens with one attached hydrogen (secondary N) is 1. The Morgan fingerprint density at radius 2 is 2.14 bits per heavy atom. The number of urea groups is 1. The van der Waals surface area contributed by atoms with Crippen LogP contribution in [-0.4, -0.2) is 34.2 Å². The maximum Gasteiger partial charge on any atom is 0.318 e. The molecule has 22 heavy (non-hydrogen) atoms. The van der Waals surface area contributed by atoms with Crippen LogP contribution in [0.1, 0.15) is 76.6 Å². The molecule has 0 spiro atoms. The van der Waals surface area contributed by atoms with Gasteiger partial charge in [-0.25, -0.2) is 4.79 Å². The van der Waals surface area contributed by atoms with E-state index in [0.29, 0.717) is 5.89 Å². The second-order valence-corrected chi connectivity index (χ2v) is 5.94. The number of nitrogens with zero attached hydrogens (tertiary/aromatic N) is 3. The summed E-state index contributed by atoms with van der Waals surface area (Å²) in [6.45, 7) is 5.75. The van der Waals surface area contributed by atoms with Gasteiger partial charge in [-0.05, 0) is 32.1 Å². The van der Waals surface area contributed by atoms with Crippen LogP contribution in [-0.2, 0) is 6.42 Å². The van der Waals surface area contributed by atoms with Crippen molar-refractivity contribution in [3.63, 3.8) is 0 Å². The molecule has 1 aliphatic rings. The van der Waals surface area contributed by atoms with Crippen molar-refractivity contribution in [2.45, 2.75) is 71.3 Å². The zero-order chi connectivity index (χ0) is 15.8. The van der Waals surface area contributed by atoms with Crippen molar-refractivity contribution in [3.05, 3.63) is 11.7 Å². The quantitative estimate of drug-likeness (QED) is 0.783. The van der Waals surface area contributed by atoms with Gasteiger partial charge in [-0.1, -0.05) is 31.8 Å². The predicted octanol–water partition coefficient (Wildman–Crippen LogP) is 3.45. The standard InChI is InChI=1S/C16H28N4O2/c1-3-5-10-14-18-15(22-19-14)13-9-7-8-12-20(13)16(21)17-11-6-4-2/h13H,3-12H2,1-2H3,(H,17,21)/t13-/m1/s1. The molecule has 0 radical (unpaired) electrons. The molecule has 1 aromatic rings. The lowest BCUT2D eigenvalue weighted by Crippen LogP contribution is -2.45. The van der Waals surface area contributed by atoms with Gasteiger partial charge in [0.05, 0.1) is 0 Å². The van der Waals surface area contributed by atoms with Crippen molar-refractivity contribution in [2.75, 3.05) is 13.1 Å². The summed E-state index contributed by atoms with van der Waals surface area (Å²) in [6, 6.07) is -0.0790. The Kier molecular flexibility index (Phi) is 6.68. The fraction of sp³-hybridized carbons (Fsp3) is 0.812. The van der Waals surface area contributed by atoms with Crippen molar-refractivity contribution in [1.29, 1.82) is 0 Å². The van der Waals surface area contributed by atoms with Crippen LogP contribution in [0.5, 0.6) is 0 Å². The first-order valence-corrected chi connectivity index (χ1v) is 8.63. The molecule has 1 aromatic heterocycles. The number of unbranched alkanes of at least 4 members (excludes halogenated alkanes) is 2. The van der Waals surface area contributed by atoms with E-state index in [2.05, 4.69) is 29.3 Å². The molecule has 1 saturated heterocycles. The Morgan fingerprint density at radius 1 is 1.32 bits per heavy atom. The van der Waals surface area contributed by atoms with Crippen molar-refractivity contribution in [3.8, 4) is 0 Å². The number of aryl methyl sites for hydroxylation is 1. The SMILES string of the molecule is CCCCNC(=O)N1CCCC[C@@H]1c1nc(CCCC)no1. The summed E-state index contributed by atoms with van der Waals surface area (Å²) in [5, 5.41) is 7.04. The van der Waals surface area contributed by atoms with Crippen molar-refractivity contribution >= 4 is 6.03 Å². The van der Waals surface area contributed by atoms with Gasteiger partial charge in [-0.3, -0.25) is 0 Å². The number of rotatable bonds is 7. The Morgan fingerprint density at radius 3 is 2.91 bits per heavy atom. The average Bonchev–Trinajstić information content (AvgIpc) is 3.02.